The van der Waals surface area contributed by atoms with Gasteiger partial charge in [-0.3, -0.25) is 14.8 Å². The lowest BCUT2D eigenvalue weighted by Gasteiger charge is -2.17. The Bertz CT molecular complexity index is 1180. The number of fused-ring (bicyclic) bond motifs is 1. The maximum Gasteiger partial charge on any atom is 0.124 e. The van der Waals surface area contributed by atoms with E-state index >= 15 is 0 Å². The predicted molar refractivity (Wildman–Crippen MR) is 120 cm³/mol. The second-order valence-electron chi connectivity index (χ2n) is 6.75. The van der Waals surface area contributed by atoms with Crippen LogP contribution in [-0.2, 0) is 6.54 Å². The van der Waals surface area contributed by atoms with Gasteiger partial charge in [-0.2, -0.15) is 10.2 Å². The summed E-state index contributed by atoms with van der Waals surface area (Å²) < 4.78 is 7.91. The zero-order chi connectivity index (χ0) is 21.1. The molecule has 4 rings (SSSR count). The van der Waals surface area contributed by atoms with Crippen molar-refractivity contribution in [2.45, 2.75) is 19.6 Å². The monoisotopic (exact) mass is 442 g/mol. The SMILES string of the molecule is C[C@@H](Oc1ccc2[nH]nc(/C=C/c3cnn(CCN)c3)c2c1)c1c(Cl)cncc1Cl. The van der Waals surface area contributed by atoms with E-state index in [-0.39, 0.29) is 6.10 Å². The third kappa shape index (κ3) is 4.33. The molecule has 3 heterocycles. The van der Waals surface area contributed by atoms with E-state index < -0.39 is 0 Å². The molecule has 3 aromatic heterocycles. The van der Waals surface area contributed by atoms with Crippen molar-refractivity contribution in [3.8, 4) is 5.75 Å². The van der Waals surface area contributed by atoms with Gasteiger partial charge in [-0.1, -0.05) is 23.2 Å². The molecule has 0 radical (unpaired) electrons. The molecular weight excluding hydrogens is 423 g/mol. The van der Waals surface area contributed by atoms with Gasteiger partial charge < -0.3 is 10.5 Å². The highest BCUT2D eigenvalue weighted by Crippen LogP contribution is 2.33. The number of aromatic nitrogens is 5. The number of nitrogens with one attached hydrogen (secondary N) is 1. The lowest BCUT2D eigenvalue weighted by molar-refractivity contribution is 0.227. The van der Waals surface area contributed by atoms with Crippen molar-refractivity contribution in [1.29, 1.82) is 0 Å². The predicted octanol–water partition coefficient (Wildman–Crippen LogP) is 4.73. The Morgan fingerprint density at radius 3 is 2.77 bits per heavy atom. The van der Waals surface area contributed by atoms with E-state index in [1.54, 1.807) is 18.6 Å². The van der Waals surface area contributed by atoms with Crippen molar-refractivity contribution < 1.29 is 4.74 Å². The second-order valence-corrected chi connectivity index (χ2v) is 7.57. The van der Waals surface area contributed by atoms with E-state index in [0.717, 1.165) is 22.2 Å². The lowest BCUT2D eigenvalue weighted by Crippen LogP contribution is -2.09. The number of pyridine rings is 1. The molecular formula is C21H20Cl2N6O. The molecule has 30 heavy (non-hydrogen) atoms. The van der Waals surface area contributed by atoms with Crippen LogP contribution in [-0.4, -0.2) is 31.5 Å². The molecule has 0 unspecified atom stereocenters. The summed E-state index contributed by atoms with van der Waals surface area (Å²) in [6.45, 7) is 3.13. The van der Waals surface area contributed by atoms with Gasteiger partial charge in [-0.15, -0.1) is 0 Å². The molecule has 0 aliphatic carbocycles. The number of nitrogens with two attached hydrogens (primary N) is 1. The minimum Gasteiger partial charge on any atom is -0.486 e. The minimum absolute atomic E-state index is 0.343. The van der Waals surface area contributed by atoms with Crippen LogP contribution in [0.4, 0.5) is 0 Å². The van der Waals surface area contributed by atoms with Crippen molar-refractivity contribution in [1.82, 2.24) is 25.0 Å². The number of aromatic amines is 1. The van der Waals surface area contributed by atoms with Gasteiger partial charge >= 0.3 is 0 Å². The van der Waals surface area contributed by atoms with Crippen LogP contribution in [0.1, 0.15) is 29.8 Å². The van der Waals surface area contributed by atoms with Crippen molar-refractivity contribution in [3.63, 3.8) is 0 Å². The molecule has 0 amide bonds. The smallest absolute Gasteiger partial charge is 0.124 e. The topological polar surface area (TPSA) is 94.6 Å². The van der Waals surface area contributed by atoms with Crippen molar-refractivity contribution in [2.24, 2.45) is 5.73 Å². The maximum absolute atomic E-state index is 6.25. The van der Waals surface area contributed by atoms with E-state index in [4.69, 9.17) is 33.7 Å². The molecule has 3 N–H and O–H groups in total. The highest BCUT2D eigenvalue weighted by molar-refractivity contribution is 6.35. The van der Waals surface area contributed by atoms with Crippen LogP contribution < -0.4 is 10.5 Å². The fraction of sp³-hybridized carbons (Fsp3) is 0.190. The zero-order valence-corrected chi connectivity index (χ0v) is 17.7. The van der Waals surface area contributed by atoms with E-state index in [2.05, 4.69) is 20.3 Å². The molecule has 0 spiro atoms. The van der Waals surface area contributed by atoms with Gasteiger partial charge in [0, 0.05) is 41.6 Å². The summed E-state index contributed by atoms with van der Waals surface area (Å²) in [6.07, 6.45) is 10.4. The highest BCUT2D eigenvalue weighted by Gasteiger charge is 2.16. The number of halogens is 2. The number of ether oxygens (including phenoxy) is 1. The zero-order valence-electron chi connectivity index (χ0n) is 16.2. The standard InChI is InChI=1S/C21H20Cl2N6O/c1-13(21-17(22)10-25-11-18(21)23)30-15-3-5-20-16(8-15)19(27-28-20)4-2-14-9-26-29(12-14)7-6-24/h2-5,8-13H,6-7,24H2,1H3,(H,27,28)/b4-2+/t13-/m1/s1. The Kier molecular flexibility index (Phi) is 6.03. The van der Waals surface area contributed by atoms with Crippen molar-refractivity contribution in [2.75, 3.05) is 6.54 Å². The first-order valence-corrected chi connectivity index (χ1v) is 10.1. The van der Waals surface area contributed by atoms with Gasteiger partial charge in [0.15, 0.2) is 0 Å². The first-order chi connectivity index (χ1) is 14.5. The van der Waals surface area contributed by atoms with Crippen LogP contribution in [0.2, 0.25) is 10.0 Å². The largest absolute Gasteiger partial charge is 0.486 e. The van der Waals surface area contributed by atoms with Crippen LogP contribution in [0.5, 0.6) is 5.75 Å². The Morgan fingerprint density at radius 2 is 2.00 bits per heavy atom. The van der Waals surface area contributed by atoms with Crippen LogP contribution >= 0.6 is 23.2 Å². The summed E-state index contributed by atoms with van der Waals surface area (Å²) in [4.78, 5) is 3.99. The number of nitrogens with zero attached hydrogens (tertiary/aromatic N) is 4. The Morgan fingerprint density at radius 1 is 1.20 bits per heavy atom. The molecule has 0 bridgehead atoms. The average Bonchev–Trinajstić information content (AvgIpc) is 3.33. The fourth-order valence-corrected chi connectivity index (χ4v) is 3.85. The molecule has 1 atom stereocenters. The fourth-order valence-electron chi connectivity index (χ4n) is 3.18. The quantitative estimate of drug-likeness (QED) is 0.431. The van der Waals surface area contributed by atoms with Crippen LogP contribution in [0.15, 0.2) is 43.0 Å². The number of benzene rings is 1. The first-order valence-electron chi connectivity index (χ1n) is 9.39. The van der Waals surface area contributed by atoms with Gasteiger partial charge in [-0.05, 0) is 37.3 Å². The molecule has 0 saturated heterocycles. The Hall–Kier alpha value is -2.87. The summed E-state index contributed by atoms with van der Waals surface area (Å²) >= 11 is 12.5. The van der Waals surface area contributed by atoms with Crippen LogP contribution in [0.25, 0.3) is 23.1 Å². The summed E-state index contributed by atoms with van der Waals surface area (Å²) in [5, 5.41) is 13.6. The third-order valence-electron chi connectivity index (χ3n) is 4.62. The number of hydrogen-bond acceptors (Lipinski definition) is 5. The summed E-state index contributed by atoms with van der Waals surface area (Å²) in [6, 6.07) is 5.75. The molecule has 0 aliphatic heterocycles. The number of H-pyrrole nitrogens is 1. The van der Waals surface area contributed by atoms with Gasteiger partial charge in [0.1, 0.15) is 11.9 Å². The molecule has 0 fully saturated rings. The minimum atomic E-state index is -0.343. The maximum atomic E-state index is 6.25. The van der Waals surface area contributed by atoms with Gasteiger partial charge in [-0.25, -0.2) is 0 Å². The number of hydrogen-bond donors (Lipinski definition) is 2. The summed E-state index contributed by atoms with van der Waals surface area (Å²) in [5.41, 5.74) is 8.95. The van der Waals surface area contributed by atoms with E-state index in [9.17, 15) is 0 Å². The Labute approximate surface area is 183 Å². The highest BCUT2D eigenvalue weighted by atomic mass is 35.5. The van der Waals surface area contributed by atoms with E-state index in [1.807, 2.05) is 48.2 Å². The molecule has 9 heteroatoms. The normalized spacial score (nSPS) is 12.7. The molecule has 154 valence electrons. The summed E-state index contributed by atoms with van der Waals surface area (Å²) in [7, 11) is 0. The van der Waals surface area contributed by atoms with Gasteiger partial charge in [0.25, 0.3) is 0 Å². The van der Waals surface area contributed by atoms with E-state index in [1.165, 1.54) is 0 Å². The molecule has 0 saturated carbocycles. The third-order valence-corrected chi connectivity index (χ3v) is 5.22. The van der Waals surface area contributed by atoms with Gasteiger partial charge in [0.2, 0.25) is 0 Å². The average molecular weight is 443 g/mol. The van der Waals surface area contributed by atoms with E-state index in [0.29, 0.717) is 34.4 Å². The molecule has 1 aromatic carbocycles. The lowest BCUT2D eigenvalue weighted by atomic mass is 10.1. The summed E-state index contributed by atoms with van der Waals surface area (Å²) in [5.74, 6) is 0.686. The number of rotatable bonds is 7. The molecule has 7 nitrogen and oxygen atoms in total. The van der Waals surface area contributed by atoms with Crippen molar-refractivity contribution >= 4 is 46.3 Å². The molecule has 0 aliphatic rings. The van der Waals surface area contributed by atoms with Crippen LogP contribution in [0.3, 0.4) is 0 Å². The van der Waals surface area contributed by atoms with Gasteiger partial charge in [0.05, 0.1) is 34.0 Å². The van der Waals surface area contributed by atoms with Crippen molar-refractivity contribution in [3.05, 3.63) is 69.9 Å². The molecule has 4 aromatic rings. The Balaban J connectivity index is 1.57. The van der Waals surface area contributed by atoms with Crippen LogP contribution in [0, 0.1) is 0 Å². The first kappa shape index (κ1) is 20.4. The second kappa shape index (κ2) is 8.87.